The van der Waals surface area contributed by atoms with Crippen LogP contribution in [0.1, 0.15) is 16.7 Å². The van der Waals surface area contributed by atoms with E-state index in [1.54, 1.807) is 29.8 Å². The maximum Gasteiger partial charge on any atom is 0.217 e. The van der Waals surface area contributed by atoms with Crippen molar-refractivity contribution in [2.75, 3.05) is 7.11 Å². The van der Waals surface area contributed by atoms with Gasteiger partial charge in [-0.05, 0) is 31.2 Å². The van der Waals surface area contributed by atoms with Crippen LogP contribution in [-0.2, 0) is 11.3 Å². The van der Waals surface area contributed by atoms with E-state index in [2.05, 4.69) is 18.3 Å². The number of aromatic nitrogens is 1. The molecule has 124 valence electrons. The molecule has 4 nitrogen and oxygen atoms in total. The first kappa shape index (κ1) is 16.7. The van der Waals surface area contributed by atoms with Gasteiger partial charge in [0.25, 0.3) is 0 Å². The molecule has 2 aromatic heterocycles. The Labute approximate surface area is 149 Å². The summed E-state index contributed by atoms with van der Waals surface area (Å²) in [5, 5.41) is 3.81. The summed E-state index contributed by atoms with van der Waals surface area (Å²) in [5.74, 6) is 0.811. The van der Waals surface area contributed by atoms with Gasteiger partial charge in [-0.2, -0.15) is 0 Å². The summed E-state index contributed by atoms with van der Waals surface area (Å²) < 4.78 is 5.29. The van der Waals surface area contributed by atoms with E-state index >= 15 is 0 Å². The lowest BCUT2D eigenvalue weighted by Gasteiger charge is -2.01. The number of methoxy groups -OCH3 is 1. The van der Waals surface area contributed by atoms with E-state index in [-0.39, 0.29) is 5.91 Å². The molecule has 0 spiro atoms. The monoisotopic (exact) mass is 358 g/mol. The summed E-state index contributed by atoms with van der Waals surface area (Å²) in [6.07, 6.45) is 0. The predicted molar refractivity (Wildman–Crippen MR) is 99.7 cm³/mol. The number of carbonyl (C=O) groups is 1. The van der Waals surface area contributed by atoms with Crippen molar-refractivity contribution in [3.8, 4) is 26.9 Å². The molecule has 0 radical (unpaired) electrons. The average molecular weight is 358 g/mol. The zero-order valence-electron chi connectivity index (χ0n) is 13.8. The number of aryl methyl sites for hydroxylation is 1. The van der Waals surface area contributed by atoms with Crippen LogP contribution in [-0.4, -0.2) is 18.0 Å². The van der Waals surface area contributed by atoms with Crippen molar-refractivity contribution in [1.29, 1.82) is 0 Å². The average Bonchev–Trinajstić information content (AvgIpc) is 3.19. The third-order valence-corrected chi connectivity index (χ3v) is 5.63. The highest BCUT2D eigenvalue weighted by atomic mass is 32.1. The zero-order valence-corrected chi connectivity index (χ0v) is 15.4. The Kier molecular flexibility index (Phi) is 4.97. The molecule has 0 bridgehead atoms. The molecule has 0 unspecified atom stereocenters. The van der Waals surface area contributed by atoms with Crippen molar-refractivity contribution in [3.63, 3.8) is 0 Å². The normalized spacial score (nSPS) is 10.6. The minimum absolute atomic E-state index is 0.0184. The molecule has 1 N–H and O–H groups in total. The van der Waals surface area contributed by atoms with Crippen molar-refractivity contribution in [2.45, 2.75) is 20.4 Å². The van der Waals surface area contributed by atoms with Gasteiger partial charge in [0.1, 0.15) is 10.8 Å². The van der Waals surface area contributed by atoms with Crippen LogP contribution in [0.15, 0.2) is 36.4 Å². The maximum atomic E-state index is 11.0. The number of nitrogens with zero attached hydrogens (tertiary/aromatic N) is 1. The first-order chi connectivity index (χ1) is 11.6. The lowest BCUT2D eigenvalue weighted by molar-refractivity contribution is -0.119. The standard InChI is InChI=1S/C18H18N2O2S2/c1-11-17(16-8-7-15(24-16)10-19-12(2)21)20-18(23-11)13-5-4-6-14(9-13)22-3/h4-9H,10H2,1-3H3,(H,19,21). The smallest absolute Gasteiger partial charge is 0.217 e. The third-order valence-electron chi connectivity index (χ3n) is 3.52. The van der Waals surface area contributed by atoms with Gasteiger partial charge >= 0.3 is 0 Å². The van der Waals surface area contributed by atoms with E-state index in [0.29, 0.717) is 6.54 Å². The maximum absolute atomic E-state index is 11.0. The third kappa shape index (κ3) is 3.66. The Morgan fingerprint density at radius 3 is 2.83 bits per heavy atom. The Morgan fingerprint density at radius 1 is 1.25 bits per heavy atom. The quantitative estimate of drug-likeness (QED) is 0.731. The molecule has 1 amide bonds. The number of thiophene rings is 1. The van der Waals surface area contributed by atoms with Crippen LogP contribution in [0.5, 0.6) is 5.75 Å². The van der Waals surface area contributed by atoms with Crippen LogP contribution in [0, 0.1) is 6.92 Å². The molecule has 0 saturated heterocycles. The van der Waals surface area contributed by atoms with Crippen molar-refractivity contribution < 1.29 is 9.53 Å². The molecular weight excluding hydrogens is 340 g/mol. The zero-order chi connectivity index (χ0) is 17.1. The lowest BCUT2D eigenvalue weighted by atomic mass is 10.2. The fourth-order valence-corrected chi connectivity index (χ4v) is 4.30. The molecule has 3 rings (SSSR count). The van der Waals surface area contributed by atoms with E-state index < -0.39 is 0 Å². The lowest BCUT2D eigenvalue weighted by Crippen LogP contribution is -2.17. The highest BCUT2D eigenvalue weighted by Crippen LogP contribution is 2.37. The van der Waals surface area contributed by atoms with E-state index in [4.69, 9.17) is 9.72 Å². The molecule has 0 aliphatic rings. The summed E-state index contributed by atoms with van der Waals surface area (Å²) in [5.41, 5.74) is 2.07. The molecular formula is C18H18N2O2S2. The van der Waals surface area contributed by atoms with Crippen LogP contribution in [0.25, 0.3) is 21.1 Å². The van der Waals surface area contributed by atoms with Gasteiger partial charge in [-0.3, -0.25) is 4.79 Å². The van der Waals surface area contributed by atoms with Gasteiger partial charge in [-0.15, -0.1) is 22.7 Å². The fourth-order valence-electron chi connectivity index (χ4n) is 2.32. The number of amides is 1. The summed E-state index contributed by atoms with van der Waals surface area (Å²) in [7, 11) is 1.67. The summed E-state index contributed by atoms with van der Waals surface area (Å²) in [6.45, 7) is 4.18. The van der Waals surface area contributed by atoms with Crippen molar-refractivity contribution in [2.24, 2.45) is 0 Å². The molecule has 2 heterocycles. The number of nitrogens with one attached hydrogen (secondary N) is 1. The molecule has 24 heavy (non-hydrogen) atoms. The summed E-state index contributed by atoms with van der Waals surface area (Å²) in [4.78, 5) is 19.3. The Hall–Kier alpha value is -2.18. The summed E-state index contributed by atoms with van der Waals surface area (Å²) in [6, 6.07) is 12.1. The molecule has 0 atom stereocenters. The van der Waals surface area contributed by atoms with Gasteiger partial charge in [-0.25, -0.2) is 4.98 Å². The first-order valence-electron chi connectivity index (χ1n) is 7.52. The second-order valence-corrected chi connectivity index (χ2v) is 7.70. The summed E-state index contributed by atoms with van der Waals surface area (Å²) >= 11 is 3.34. The number of hydrogen-bond acceptors (Lipinski definition) is 5. The highest BCUT2D eigenvalue weighted by molar-refractivity contribution is 7.17. The van der Waals surface area contributed by atoms with Gasteiger partial charge in [-0.1, -0.05) is 12.1 Å². The second kappa shape index (κ2) is 7.15. The van der Waals surface area contributed by atoms with Crippen molar-refractivity contribution in [3.05, 3.63) is 46.2 Å². The molecule has 6 heteroatoms. The number of carbonyl (C=O) groups excluding carboxylic acids is 1. The first-order valence-corrected chi connectivity index (χ1v) is 9.15. The predicted octanol–water partition coefficient (Wildman–Crippen LogP) is 4.49. The van der Waals surface area contributed by atoms with Gasteiger partial charge in [0.15, 0.2) is 0 Å². The van der Waals surface area contributed by atoms with Crippen LogP contribution < -0.4 is 10.1 Å². The van der Waals surface area contributed by atoms with Gasteiger partial charge < -0.3 is 10.1 Å². The van der Waals surface area contributed by atoms with E-state index in [0.717, 1.165) is 31.8 Å². The number of thiazole rings is 1. The van der Waals surface area contributed by atoms with Crippen molar-refractivity contribution >= 4 is 28.6 Å². The van der Waals surface area contributed by atoms with Crippen molar-refractivity contribution in [1.82, 2.24) is 10.3 Å². The van der Waals surface area contributed by atoms with E-state index in [9.17, 15) is 4.79 Å². The van der Waals surface area contributed by atoms with Crippen LogP contribution in [0.2, 0.25) is 0 Å². The number of benzene rings is 1. The highest BCUT2D eigenvalue weighted by Gasteiger charge is 2.14. The number of ether oxygens (including phenoxy) is 1. The largest absolute Gasteiger partial charge is 0.497 e. The molecule has 3 aromatic rings. The van der Waals surface area contributed by atoms with Crippen LogP contribution in [0.3, 0.4) is 0 Å². The number of rotatable bonds is 5. The van der Waals surface area contributed by atoms with E-state index in [1.165, 1.54) is 11.8 Å². The molecule has 0 aliphatic heterocycles. The van der Waals surface area contributed by atoms with E-state index in [1.807, 2.05) is 30.3 Å². The molecule has 0 fully saturated rings. The Morgan fingerprint density at radius 2 is 2.08 bits per heavy atom. The minimum Gasteiger partial charge on any atom is -0.497 e. The second-order valence-electron chi connectivity index (χ2n) is 5.33. The molecule has 1 aromatic carbocycles. The Bertz CT molecular complexity index is 868. The minimum atomic E-state index is -0.0184. The SMILES string of the molecule is COc1cccc(-c2nc(-c3ccc(CNC(C)=O)s3)c(C)s2)c1. The van der Waals surface area contributed by atoms with Gasteiger partial charge in [0.05, 0.1) is 24.2 Å². The fraction of sp³-hybridized carbons (Fsp3) is 0.222. The van der Waals surface area contributed by atoms with Gasteiger partial charge in [0, 0.05) is 22.2 Å². The molecule has 0 saturated carbocycles. The molecule has 0 aliphatic carbocycles. The topological polar surface area (TPSA) is 51.2 Å². The van der Waals surface area contributed by atoms with Crippen LogP contribution >= 0.6 is 22.7 Å². The van der Waals surface area contributed by atoms with Gasteiger partial charge in [0.2, 0.25) is 5.91 Å². The Balaban J connectivity index is 1.87. The van der Waals surface area contributed by atoms with Crippen LogP contribution in [0.4, 0.5) is 0 Å². The number of hydrogen-bond donors (Lipinski definition) is 1.